The molecule has 4 rings (SSSR count). The number of halogens is 1. The number of hydrogen-bond acceptors (Lipinski definition) is 8. The first-order chi connectivity index (χ1) is 12.5. The van der Waals surface area contributed by atoms with Crippen molar-refractivity contribution in [3.05, 3.63) is 38.8 Å². The summed E-state index contributed by atoms with van der Waals surface area (Å²) in [6.45, 7) is 2.56. The second-order valence-electron chi connectivity index (χ2n) is 6.43. The first-order valence-electron chi connectivity index (χ1n) is 8.29. The maximum absolute atomic E-state index is 12.2. The van der Waals surface area contributed by atoms with E-state index in [9.17, 15) is 9.59 Å². The van der Waals surface area contributed by atoms with Crippen LogP contribution in [0.3, 0.4) is 0 Å². The molecule has 0 spiro atoms. The largest absolute Gasteiger partial charge is 0.332 e. The van der Waals surface area contributed by atoms with Gasteiger partial charge in [-0.05, 0) is 19.2 Å². The van der Waals surface area contributed by atoms with Crippen molar-refractivity contribution < 1.29 is 4.52 Å². The van der Waals surface area contributed by atoms with Gasteiger partial charge in [-0.15, -0.1) is 12.4 Å². The fraction of sp³-hybridized carbons (Fsp3) is 0.438. The van der Waals surface area contributed by atoms with Crippen LogP contribution in [0, 0.1) is 0 Å². The number of fused-ring (bicyclic) bond motifs is 1. The molecule has 0 radical (unpaired) electrons. The van der Waals surface area contributed by atoms with Gasteiger partial charge in [0.1, 0.15) is 11.3 Å². The van der Waals surface area contributed by atoms with Gasteiger partial charge >= 0.3 is 5.69 Å². The highest BCUT2D eigenvalue weighted by Gasteiger charge is 2.26. The van der Waals surface area contributed by atoms with Crippen LogP contribution in [0.25, 0.3) is 22.6 Å². The van der Waals surface area contributed by atoms with Crippen molar-refractivity contribution in [1.29, 1.82) is 0 Å². The molecule has 1 atom stereocenters. The van der Waals surface area contributed by atoms with E-state index in [2.05, 4.69) is 25.3 Å². The van der Waals surface area contributed by atoms with Gasteiger partial charge in [-0.1, -0.05) is 5.16 Å². The average Bonchev–Trinajstić information content (AvgIpc) is 3.14. The van der Waals surface area contributed by atoms with Gasteiger partial charge in [0.15, 0.2) is 5.82 Å². The summed E-state index contributed by atoms with van der Waals surface area (Å²) in [6.07, 6.45) is 0. The van der Waals surface area contributed by atoms with E-state index < -0.39 is 5.69 Å². The number of aromatic nitrogens is 5. The Bertz CT molecular complexity index is 1100. The molecule has 11 heteroatoms. The van der Waals surface area contributed by atoms with Gasteiger partial charge in [-0.2, -0.15) is 4.98 Å². The van der Waals surface area contributed by atoms with Crippen LogP contribution in [0.5, 0.6) is 0 Å². The van der Waals surface area contributed by atoms with Crippen molar-refractivity contribution in [3.8, 4) is 11.6 Å². The predicted octanol–water partition coefficient (Wildman–Crippen LogP) is -0.320. The first kappa shape index (κ1) is 19.2. The molecule has 0 aromatic carbocycles. The van der Waals surface area contributed by atoms with Crippen LogP contribution in [0.4, 0.5) is 0 Å². The zero-order valence-electron chi connectivity index (χ0n) is 15.2. The van der Waals surface area contributed by atoms with Gasteiger partial charge in [0, 0.05) is 33.7 Å². The lowest BCUT2D eigenvalue weighted by Gasteiger charge is -2.30. The molecule has 3 aromatic rings. The molecule has 1 N–H and O–H groups in total. The lowest BCUT2D eigenvalue weighted by atomic mass is 10.2. The quantitative estimate of drug-likeness (QED) is 0.630. The molecule has 1 aliphatic heterocycles. The standard InChI is InChI=1S/C16H19N7O3.ClH/c1-21-7-6-17-8-11(21)12-19-14(26-20-12)10-5-4-9-13(18-10)22(2)16(25)23(3)15(9)24;/h4-5,11,17H,6-8H2,1-3H3;1H. The van der Waals surface area contributed by atoms with Gasteiger partial charge in [-0.25, -0.2) is 9.78 Å². The van der Waals surface area contributed by atoms with Crippen molar-refractivity contribution in [2.45, 2.75) is 6.04 Å². The van der Waals surface area contributed by atoms with Crippen molar-refractivity contribution in [3.63, 3.8) is 0 Å². The van der Waals surface area contributed by atoms with E-state index in [1.807, 2.05) is 7.05 Å². The third-order valence-corrected chi connectivity index (χ3v) is 4.77. The van der Waals surface area contributed by atoms with Crippen LogP contribution in [0.1, 0.15) is 11.9 Å². The van der Waals surface area contributed by atoms with Gasteiger partial charge in [0.2, 0.25) is 0 Å². The maximum atomic E-state index is 12.2. The number of pyridine rings is 1. The number of nitrogens with one attached hydrogen (secondary N) is 1. The highest BCUT2D eigenvalue weighted by atomic mass is 35.5. The Kier molecular flexibility index (Phi) is 5.13. The summed E-state index contributed by atoms with van der Waals surface area (Å²) in [7, 11) is 5.03. The lowest BCUT2D eigenvalue weighted by molar-refractivity contribution is 0.190. The fourth-order valence-corrected chi connectivity index (χ4v) is 3.14. The molecule has 4 heterocycles. The summed E-state index contributed by atoms with van der Waals surface area (Å²) in [5.74, 6) is 0.837. The highest BCUT2D eigenvalue weighted by molar-refractivity contribution is 5.85. The lowest BCUT2D eigenvalue weighted by Crippen LogP contribution is -2.44. The van der Waals surface area contributed by atoms with Crippen LogP contribution in [0.15, 0.2) is 26.2 Å². The highest BCUT2D eigenvalue weighted by Crippen LogP contribution is 2.22. The van der Waals surface area contributed by atoms with E-state index in [-0.39, 0.29) is 35.5 Å². The minimum absolute atomic E-state index is 0. The number of rotatable bonds is 2. The monoisotopic (exact) mass is 393 g/mol. The summed E-state index contributed by atoms with van der Waals surface area (Å²) in [4.78, 5) is 35.4. The molecular formula is C16H20ClN7O3. The van der Waals surface area contributed by atoms with Crippen molar-refractivity contribution in [2.24, 2.45) is 14.1 Å². The first-order valence-corrected chi connectivity index (χ1v) is 8.29. The zero-order chi connectivity index (χ0) is 18.4. The Balaban J connectivity index is 0.00000210. The van der Waals surface area contributed by atoms with Crippen LogP contribution >= 0.6 is 12.4 Å². The summed E-state index contributed by atoms with van der Waals surface area (Å²) in [5, 5.41) is 7.74. The van der Waals surface area contributed by atoms with E-state index in [1.54, 1.807) is 19.2 Å². The number of nitrogens with zero attached hydrogens (tertiary/aromatic N) is 6. The second kappa shape index (κ2) is 7.22. The molecule has 1 aliphatic rings. The number of piperazine rings is 1. The fourth-order valence-electron chi connectivity index (χ4n) is 3.14. The predicted molar refractivity (Wildman–Crippen MR) is 101 cm³/mol. The molecule has 0 amide bonds. The molecule has 3 aromatic heterocycles. The topological polar surface area (TPSA) is 111 Å². The SMILES string of the molecule is CN1CCNCC1c1noc(-c2ccc3c(=O)n(C)c(=O)n(C)c3n2)n1.Cl. The third kappa shape index (κ3) is 3.15. The van der Waals surface area contributed by atoms with E-state index in [0.717, 1.165) is 24.2 Å². The normalized spacial score (nSPS) is 17.8. The Morgan fingerprint density at radius 2 is 1.93 bits per heavy atom. The number of hydrogen-bond donors (Lipinski definition) is 1. The van der Waals surface area contributed by atoms with Crippen LogP contribution < -0.4 is 16.6 Å². The minimum atomic E-state index is -0.437. The Morgan fingerprint density at radius 3 is 2.67 bits per heavy atom. The summed E-state index contributed by atoms with van der Waals surface area (Å²) in [5.41, 5.74) is -0.116. The van der Waals surface area contributed by atoms with Gasteiger partial charge in [0.25, 0.3) is 11.4 Å². The van der Waals surface area contributed by atoms with Crippen LogP contribution in [-0.4, -0.2) is 55.8 Å². The molecule has 1 unspecified atom stereocenters. The van der Waals surface area contributed by atoms with E-state index in [1.165, 1.54) is 11.6 Å². The van der Waals surface area contributed by atoms with Gasteiger partial charge < -0.3 is 9.84 Å². The van der Waals surface area contributed by atoms with Crippen molar-refractivity contribution in [2.75, 3.05) is 26.7 Å². The van der Waals surface area contributed by atoms with Crippen molar-refractivity contribution >= 4 is 23.4 Å². The van der Waals surface area contributed by atoms with Gasteiger partial charge in [0.05, 0.1) is 11.4 Å². The molecule has 27 heavy (non-hydrogen) atoms. The summed E-state index contributed by atoms with van der Waals surface area (Å²) < 4.78 is 7.76. The molecule has 0 saturated carbocycles. The summed E-state index contributed by atoms with van der Waals surface area (Å²) in [6, 6.07) is 3.30. The van der Waals surface area contributed by atoms with Crippen molar-refractivity contribution in [1.82, 2.24) is 34.5 Å². The molecule has 1 saturated heterocycles. The molecule has 0 aliphatic carbocycles. The molecular weight excluding hydrogens is 374 g/mol. The molecule has 0 bridgehead atoms. The smallest absolute Gasteiger partial charge is 0.332 e. The van der Waals surface area contributed by atoms with E-state index in [0.29, 0.717) is 16.9 Å². The maximum Gasteiger partial charge on any atom is 0.332 e. The van der Waals surface area contributed by atoms with Crippen LogP contribution in [0.2, 0.25) is 0 Å². The van der Waals surface area contributed by atoms with E-state index >= 15 is 0 Å². The molecule has 144 valence electrons. The number of likely N-dealkylation sites (N-methyl/N-ethyl adjacent to an activating group) is 1. The zero-order valence-corrected chi connectivity index (χ0v) is 16.0. The molecule has 10 nitrogen and oxygen atoms in total. The van der Waals surface area contributed by atoms with E-state index in [4.69, 9.17) is 4.52 Å². The second-order valence-corrected chi connectivity index (χ2v) is 6.43. The average molecular weight is 394 g/mol. The Morgan fingerprint density at radius 1 is 1.15 bits per heavy atom. The van der Waals surface area contributed by atoms with Crippen LogP contribution in [-0.2, 0) is 14.1 Å². The third-order valence-electron chi connectivity index (χ3n) is 4.77. The van der Waals surface area contributed by atoms with Gasteiger partial charge in [-0.3, -0.25) is 18.8 Å². The minimum Gasteiger partial charge on any atom is -0.332 e. The summed E-state index contributed by atoms with van der Waals surface area (Å²) >= 11 is 0. The number of aryl methyl sites for hydroxylation is 1. The Hall–Kier alpha value is -2.56. The molecule has 1 fully saturated rings. The Labute approximate surface area is 160 Å².